The quantitative estimate of drug-likeness (QED) is 0.682. The third-order valence-electron chi connectivity index (χ3n) is 3.98. The number of amides is 3. The highest BCUT2D eigenvalue weighted by Gasteiger charge is 2.22. The van der Waals surface area contributed by atoms with Gasteiger partial charge in [0, 0.05) is 19.1 Å². The van der Waals surface area contributed by atoms with Gasteiger partial charge in [-0.25, -0.2) is 9.18 Å². The van der Waals surface area contributed by atoms with Crippen molar-refractivity contribution in [3.8, 4) is 5.69 Å². The summed E-state index contributed by atoms with van der Waals surface area (Å²) in [5.74, 6) is -0.334. The van der Waals surface area contributed by atoms with Crippen molar-refractivity contribution in [3.05, 3.63) is 30.1 Å². The summed E-state index contributed by atoms with van der Waals surface area (Å²) in [4.78, 5) is 25.7. The van der Waals surface area contributed by atoms with Crippen molar-refractivity contribution in [2.24, 2.45) is 0 Å². The topological polar surface area (TPSA) is 101 Å². The second-order valence-corrected chi connectivity index (χ2v) is 7.60. The first-order valence-corrected chi connectivity index (χ1v) is 10.2. The zero-order chi connectivity index (χ0) is 20.8. The molecule has 1 aromatic carbocycles. The fourth-order valence-electron chi connectivity index (χ4n) is 2.76. The average molecular weight is 422 g/mol. The Morgan fingerprint density at radius 2 is 2.03 bits per heavy atom. The lowest BCUT2D eigenvalue weighted by Crippen LogP contribution is -2.43. The number of ether oxygens (including phenoxy) is 1. The van der Waals surface area contributed by atoms with Crippen LogP contribution in [0, 0.1) is 5.82 Å². The van der Waals surface area contributed by atoms with Crippen LogP contribution in [0.2, 0.25) is 0 Å². The molecular weight excluding hydrogens is 399 g/mol. The summed E-state index contributed by atoms with van der Waals surface area (Å²) in [6.45, 7) is 5.99. The molecule has 11 heteroatoms. The van der Waals surface area contributed by atoms with E-state index in [1.165, 1.54) is 12.1 Å². The van der Waals surface area contributed by atoms with E-state index in [1.807, 2.05) is 4.90 Å². The van der Waals surface area contributed by atoms with Gasteiger partial charge in [0.05, 0.1) is 24.7 Å². The predicted molar refractivity (Wildman–Crippen MR) is 107 cm³/mol. The summed E-state index contributed by atoms with van der Waals surface area (Å²) in [7, 11) is 0. The van der Waals surface area contributed by atoms with Crippen LogP contribution in [-0.2, 0) is 9.53 Å². The molecule has 1 aliphatic heterocycles. The van der Waals surface area contributed by atoms with Crippen LogP contribution in [0.5, 0.6) is 0 Å². The second-order valence-electron chi connectivity index (χ2n) is 6.66. The van der Waals surface area contributed by atoms with Crippen molar-refractivity contribution in [1.29, 1.82) is 0 Å². The van der Waals surface area contributed by atoms with Gasteiger partial charge in [0.2, 0.25) is 11.9 Å². The highest BCUT2D eigenvalue weighted by atomic mass is 32.2. The van der Waals surface area contributed by atoms with Crippen LogP contribution < -0.4 is 15.5 Å². The lowest BCUT2D eigenvalue weighted by molar-refractivity contribution is -0.117. The highest BCUT2D eigenvalue weighted by Crippen LogP contribution is 2.27. The Labute approximate surface area is 172 Å². The van der Waals surface area contributed by atoms with Crippen LogP contribution in [0.1, 0.15) is 13.8 Å². The lowest BCUT2D eigenvalue weighted by Gasteiger charge is -2.27. The van der Waals surface area contributed by atoms with Gasteiger partial charge in [-0.05, 0) is 32.0 Å². The molecule has 1 aromatic heterocycles. The molecular formula is C18H23FN6O3S. The second kappa shape index (κ2) is 9.70. The van der Waals surface area contributed by atoms with Gasteiger partial charge in [-0.2, -0.15) is 0 Å². The fourth-order valence-corrected chi connectivity index (χ4v) is 3.50. The van der Waals surface area contributed by atoms with E-state index in [1.54, 1.807) is 30.5 Å². The number of rotatable bonds is 6. The van der Waals surface area contributed by atoms with Crippen molar-refractivity contribution in [2.45, 2.75) is 25.0 Å². The molecule has 0 aliphatic carbocycles. The lowest BCUT2D eigenvalue weighted by atomic mass is 10.3. The van der Waals surface area contributed by atoms with Crippen molar-refractivity contribution in [1.82, 2.24) is 25.4 Å². The minimum atomic E-state index is -0.550. The Balaban J connectivity index is 1.78. The summed E-state index contributed by atoms with van der Waals surface area (Å²) < 4.78 is 20.9. The zero-order valence-electron chi connectivity index (χ0n) is 16.2. The van der Waals surface area contributed by atoms with Crippen molar-refractivity contribution in [3.63, 3.8) is 0 Å². The number of nitrogens with one attached hydrogen (secondary N) is 2. The van der Waals surface area contributed by atoms with Gasteiger partial charge < -0.3 is 15.0 Å². The first-order valence-electron chi connectivity index (χ1n) is 9.21. The molecule has 2 N–H and O–H groups in total. The Morgan fingerprint density at radius 1 is 1.28 bits per heavy atom. The molecule has 0 spiro atoms. The number of carbonyl (C=O) groups excluding carboxylic acids is 2. The van der Waals surface area contributed by atoms with E-state index in [0.717, 1.165) is 11.8 Å². The van der Waals surface area contributed by atoms with E-state index < -0.39 is 11.9 Å². The SMILES string of the molecule is CC(C)NC(=O)NC(=O)CSc1nnc(N2CCOCC2)n1-c1cccc(F)c1. The number of halogens is 1. The van der Waals surface area contributed by atoms with Gasteiger partial charge in [0.1, 0.15) is 5.82 Å². The van der Waals surface area contributed by atoms with Gasteiger partial charge in [-0.15, -0.1) is 10.2 Å². The van der Waals surface area contributed by atoms with Gasteiger partial charge in [0.25, 0.3) is 0 Å². The first kappa shape index (κ1) is 21.1. The van der Waals surface area contributed by atoms with E-state index in [9.17, 15) is 14.0 Å². The van der Waals surface area contributed by atoms with Crippen LogP contribution in [0.4, 0.5) is 15.1 Å². The molecule has 29 heavy (non-hydrogen) atoms. The normalized spacial score (nSPS) is 14.1. The molecule has 0 saturated carbocycles. The zero-order valence-corrected chi connectivity index (χ0v) is 17.0. The van der Waals surface area contributed by atoms with E-state index in [0.29, 0.717) is 43.1 Å². The summed E-state index contributed by atoms with van der Waals surface area (Å²) in [5, 5.41) is 13.7. The van der Waals surface area contributed by atoms with E-state index in [-0.39, 0.29) is 17.6 Å². The Kier molecular flexibility index (Phi) is 7.04. The smallest absolute Gasteiger partial charge is 0.321 e. The van der Waals surface area contributed by atoms with E-state index >= 15 is 0 Å². The number of urea groups is 1. The molecule has 9 nitrogen and oxygen atoms in total. The van der Waals surface area contributed by atoms with E-state index in [2.05, 4.69) is 20.8 Å². The number of imide groups is 1. The van der Waals surface area contributed by atoms with Crippen LogP contribution in [0.3, 0.4) is 0 Å². The predicted octanol–water partition coefficient (Wildman–Crippen LogP) is 1.57. The van der Waals surface area contributed by atoms with Crippen molar-refractivity contribution >= 4 is 29.6 Å². The Morgan fingerprint density at radius 3 is 2.72 bits per heavy atom. The molecule has 1 fully saturated rings. The van der Waals surface area contributed by atoms with Gasteiger partial charge in [-0.3, -0.25) is 14.7 Å². The molecule has 1 aliphatic rings. The maximum Gasteiger partial charge on any atom is 0.321 e. The number of carbonyl (C=O) groups is 2. The first-order chi connectivity index (χ1) is 13.9. The number of thioether (sulfide) groups is 1. The number of nitrogens with zero attached hydrogens (tertiary/aromatic N) is 4. The molecule has 2 aromatic rings. The third-order valence-corrected chi connectivity index (χ3v) is 4.91. The minimum Gasteiger partial charge on any atom is -0.378 e. The Hall–Kier alpha value is -2.66. The summed E-state index contributed by atoms with van der Waals surface area (Å²) >= 11 is 1.12. The molecule has 2 heterocycles. The number of aromatic nitrogens is 3. The van der Waals surface area contributed by atoms with Crippen LogP contribution >= 0.6 is 11.8 Å². The third kappa shape index (κ3) is 5.67. The molecule has 3 rings (SSSR count). The highest BCUT2D eigenvalue weighted by molar-refractivity contribution is 7.99. The summed E-state index contributed by atoms with van der Waals surface area (Å²) in [6.07, 6.45) is 0. The van der Waals surface area contributed by atoms with Crippen LogP contribution in [0.25, 0.3) is 5.69 Å². The van der Waals surface area contributed by atoms with Crippen molar-refractivity contribution < 1.29 is 18.7 Å². The number of morpholine rings is 1. The molecule has 0 unspecified atom stereocenters. The van der Waals surface area contributed by atoms with Crippen LogP contribution in [0.15, 0.2) is 29.4 Å². The standard InChI is InChI=1S/C18H23FN6O3S/c1-12(2)20-16(27)21-15(26)11-29-18-23-22-17(24-6-8-28-9-7-24)25(18)14-5-3-4-13(19)10-14/h3-5,10,12H,6-9,11H2,1-2H3,(H2,20,21,26,27). The molecule has 3 amide bonds. The van der Waals surface area contributed by atoms with Crippen LogP contribution in [-0.4, -0.2) is 64.8 Å². The van der Waals surface area contributed by atoms with Gasteiger partial charge >= 0.3 is 6.03 Å². The molecule has 0 radical (unpaired) electrons. The summed E-state index contributed by atoms with van der Waals surface area (Å²) in [5.41, 5.74) is 0.553. The van der Waals surface area contributed by atoms with Crippen molar-refractivity contribution in [2.75, 3.05) is 37.0 Å². The van der Waals surface area contributed by atoms with Gasteiger partial charge in [0.15, 0.2) is 5.16 Å². The molecule has 1 saturated heterocycles. The summed E-state index contributed by atoms with van der Waals surface area (Å²) in [6, 6.07) is 5.46. The number of hydrogen-bond donors (Lipinski definition) is 2. The maximum absolute atomic E-state index is 13.8. The largest absolute Gasteiger partial charge is 0.378 e. The molecule has 0 atom stereocenters. The number of hydrogen-bond acceptors (Lipinski definition) is 7. The monoisotopic (exact) mass is 422 g/mol. The fraction of sp³-hybridized carbons (Fsp3) is 0.444. The number of anilines is 1. The minimum absolute atomic E-state index is 0.0396. The maximum atomic E-state index is 13.8. The molecule has 0 bridgehead atoms. The molecule has 156 valence electrons. The van der Waals surface area contributed by atoms with E-state index in [4.69, 9.17) is 4.74 Å². The Bertz CT molecular complexity index is 869. The number of benzene rings is 1. The average Bonchev–Trinajstić information content (AvgIpc) is 3.10. The van der Waals surface area contributed by atoms with Gasteiger partial charge in [-0.1, -0.05) is 17.8 Å².